The fourth-order valence-corrected chi connectivity index (χ4v) is 3.21. The molecule has 4 heterocycles. The molecule has 0 aromatic carbocycles. The third-order valence-corrected chi connectivity index (χ3v) is 4.50. The Morgan fingerprint density at radius 3 is 2.75 bits per heavy atom. The molecule has 1 amide bonds. The minimum atomic E-state index is -0.193. The molecule has 0 aliphatic heterocycles. The molecule has 0 aliphatic carbocycles. The van der Waals surface area contributed by atoms with Gasteiger partial charge in [-0.3, -0.25) is 14.5 Å². The van der Waals surface area contributed by atoms with Crippen molar-refractivity contribution in [3.8, 4) is 5.82 Å². The number of pyridine rings is 2. The van der Waals surface area contributed by atoms with Gasteiger partial charge in [0.2, 0.25) is 0 Å². The van der Waals surface area contributed by atoms with Crippen molar-refractivity contribution in [2.45, 2.75) is 20.4 Å². The van der Waals surface area contributed by atoms with Gasteiger partial charge in [-0.1, -0.05) is 12.1 Å². The maximum Gasteiger partial charge on any atom is 0.258 e. The van der Waals surface area contributed by atoms with E-state index in [2.05, 4.69) is 20.4 Å². The van der Waals surface area contributed by atoms with Crippen LogP contribution >= 0.6 is 0 Å². The van der Waals surface area contributed by atoms with Crippen molar-refractivity contribution in [2.24, 2.45) is 0 Å². The van der Waals surface area contributed by atoms with Gasteiger partial charge in [0.15, 0.2) is 5.82 Å². The van der Waals surface area contributed by atoms with Crippen molar-refractivity contribution < 1.29 is 4.79 Å². The molecule has 4 aromatic heterocycles. The van der Waals surface area contributed by atoms with Gasteiger partial charge in [-0.25, -0.2) is 4.98 Å². The van der Waals surface area contributed by atoms with Crippen LogP contribution in [0.5, 0.6) is 0 Å². The molecule has 1 N–H and O–H groups in total. The van der Waals surface area contributed by atoms with Crippen LogP contribution in [0.15, 0.2) is 67.3 Å². The lowest BCUT2D eigenvalue weighted by Gasteiger charge is -2.08. The predicted octanol–water partition coefficient (Wildman–Crippen LogP) is 3.38. The topological polar surface area (TPSA) is 77.6 Å². The SMILES string of the molecule is Cc1cc(C(=O)Nc2ccn(Cc3cccnc3)n2)c(C)n1-c1ccccn1. The molecular weight excluding hydrogens is 352 g/mol. The van der Waals surface area contributed by atoms with Gasteiger partial charge in [0.1, 0.15) is 5.82 Å². The van der Waals surface area contributed by atoms with Crippen molar-refractivity contribution in [3.63, 3.8) is 0 Å². The van der Waals surface area contributed by atoms with E-state index in [0.29, 0.717) is 17.9 Å². The Morgan fingerprint density at radius 2 is 2.00 bits per heavy atom. The van der Waals surface area contributed by atoms with Crippen LogP contribution in [0.1, 0.15) is 27.3 Å². The van der Waals surface area contributed by atoms with E-state index in [1.54, 1.807) is 29.3 Å². The van der Waals surface area contributed by atoms with Gasteiger partial charge in [-0.05, 0) is 43.7 Å². The normalized spacial score (nSPS) is 10.8. The summed E-state index contributed by atoms with van der Waals surface area (Å²) in [4.78, 5) is 21.3. The van der Waals surface area contributed by atoms with Gasteiger partial charge in [-0.2, -0.15) is 5.10 Å². The minimum absolute atomic E-state index is 0.193. The molecule has 0 unspecified atom stereocenters. The van der Waals surface area contributed by atoms with Crippen LogP contribution in [0.4, 0.5) is 5.82 Å². The largest absolute Gasteiger partial charge is 0.305 e. The lowest BCUT2D eigenvalue weighted by Crippen LogP contribution is -2.14. The Morgan fingerprint density at radius 1 is 1.11 bits per heavy atom. The van der Waals surface area contributed by atoms with E-state index in [0.717, 1.165) is 22.8 Å². The Hall–Kier alpha value is -3.74. The Labute approximate surface area is 162 Å². The van der Waals surface area contributed by atoms with Gasteiger partial charge in [0.25, 0.3) is 5.91 Å². The van der Waals surface area contributed by atoms with E-state index >= 15 is 0 Å². The number of aryl methyl sites for hydroxylation is 1. The van der Waals surface area contributed by atoms with Crippen LogP contribution in [0.3, 0.4) is 0 Å². The van der Waals surface area contributed by atoms with E-state index in [9.17, 15) is 4.79 Å². The standard InChI is InChI=1S/C21H20N6O/c1-15-12-18(16(2)27(15)20-7-3-4-10-23-20)21(28)24-19-8-11-26(25-19)14-17-6-5-9-22-13-17/h3-13H,14H2,1-2H3,(H,24,25,28). The first kappa shape index (κ1) is 17.7. The Balaban J connectivity index is 1.52. The lowest BCUT2D eigenvalue weighted by molar-refractivity contribution is 0.102. The van der Waals surface area contributed by atoms with Crippen molar-refractivity contribution in [3.05, 3.63) is 89.8 Å². The van der Waals surface area contributed by atoms with Crippen LogP contribution < -0.4 is 5.32 Å². The predicted molar refractivity (Wildman–Crippen MR) is 107 cm³/mol. The van der Waals surface area contributed by atoms with Gasteiger partial charge in [0, 0.05) is 42.2 Å². The van der Waals surface area contributed by atoms with Gasteiger partial charge < -0.3 is 9.88 Å². The summed E-state index contributed by atoms with van der Waals surface area (Å²) in [5, 5.41) is 7.30. The number of carbonyl (C=O) groups is 1. The second-order valence-electron chi connectivity index (χ2n) is 6.52. The summed E-state index contributed by atoms with van der Waals surface area (Å²) in [5.74, 6) is 1.11. The van der Waals surface area contributed by atoms with Crippen molar-refractivity contribution >= 4 is 11.7 Å². The highest BCUT2D eigenvalue weighted by Gasteiger charge is 2.18. The number of aromatic nitrogens is 5. The molecule has 0 spiro atoms. The number of hydrogen-bond acceptors (Lipinski definition) is 4. The average molecular weight is 372 g/mol. The molecule has 28 heavy (non-hydrogen) atoms. The molecule has 4 rings (SSSR count). The van der Waals surface area contributed by atoms with Crippen molar-refractivity contribution in [1.29, 1.82) is 0 Å². The van der Waals surface area contributed by atoms with Crippen molar-refractivity contribution in [2.75, 3.05) is 5.32 Å². The highest BCUT2D eigenvalue weighted by Crippen LogP contribution is 2.20. The maximum atomic E-state index is 12.8. The molecule has 7 heteroatoms. The first-order valence-electron chi connectivity index (χ1n) is 8.96. The quantitative estimate of drug-likeness (QED) is 0.583. The molecule has 0 aliphatic rings. The van der Waals surface area contributed by atoms with Crippen LogP contribution in [0.2, 0.25) is 0 Å². The summed E-state index contributed by atoms with van der Waals surface area (Å²) < 4.78 is 3.74. The zero-order valence-corrected chi connectivity index (χ0v) is 15.7. The van der Waals surface area contributed by atoms with E-state index < -0.39 is 0 Å². The molecule has 140 valence electrons. The zero-order chi connectivity index (χ0) is 19.5. The highest BCUT2D eigenvalue weighted by molar-refractivity contribution is 6.04. The lowest BCUT2D eigenvalue weighted by atomic mass is 10.2. The summed E-state index contributed by atoms with van der Waals surface area (Å²) in [7, 11) is 0. The second kappa shape index (κ2) is 7.48. The van der Waals surface area contributed by atoms with E-state index in [-0.39, 0.29) is 5.91 Å². The Kier molecular flexibility index (Phi) is 4.72. The minimum Gasteiger partial charge on any atom is -0.305 e. The molecule has 0 bridgehead atoms. The number of nitrogens with one attached hydrogen (secondary N) is 1. The highest BCUT2D eigenvalue weighted by atomic mass is 16.1. The molecule has 0 atom stereocenters. The summed E-state index contributed by atoms with van der Waals surface area (Å²) in [6, 6.07) is 13.2. The molecule has 4 aromatic rings. The summed E-state index contributed by atoms with van der Waals surface area (Å²) >= 11 is 0. The Bertz CT molecular complexity index is 1100. The molecule has 0 saturated carbocycles. The first-order chi connectivity index (χ1) is 13.6. The zero-order valence-electron chi connectivity index (χ0n) is 15.7. The van der Waals surface area contributed by atoms with Crippen LogP contribution in [-0.4, -0.2) is 30.2 Å². The third-order valence-electron chi connectivity index (χ3n) is 4.50. The summed E-state index contributed by atoms with van der Waals surface area (Å²) in [6.45, 7) is 4.47. The monoisotopic (exact) mass is 372 g/mol. The number of anilines is 1. The number of hydrogen-bond donors (Lipinski definition) is 1. The fraction of sp³-hybridized carbons (Fsp3) is 0.143. The van der Waals surface area contributed by atoms with Gasteiger partial charge in [-0.15, -0.1) is 0 Å². The first-order valence-corrected chi connectivity index (χ1v) is 8.96. The molecular formula is C21H20N6O. The van der Waals surface area contributed by atoms with Crippen molar-refractivity contribution in [1.82, 2.24) is 24.3 Å². The summed E-state index contributed by atoms with van der Waals surface area (Å²) in [6.07, 6.45) is 7.11. The smallest absolute Gasteiger partial charge is 0.258 e. The third kappa shape index (κ3) is 3.55. The average Bonchev–Trinajstić information content (AvgIpc) is 3.26. The number of carbonyl (C=O) groups excluding carboxylic acids is 1. The summed E-state index contributed by atoms with van der Waals surface area (Å²) in [5.41, 5.74) is 3.43. The number of amides is 1. The van der Waals surface area contributed by atoms with Crippen LogP contribution in [-0.2, 0) is 6.54 Å². The number of nitrogens with zero attached hydrogens (tertiary/aromatic N) is 5. The van der Waals surface area contributed by atoms with Crippen LogP contribution in [0.25, 0.3) is 5.82 Å². The molecule has 0 radical (unpaired) electrons. The number of rotatable bonds is 5. The van der Waals surface area contributed by atoms with Gasteiger partial charge >= 0.3 is 0 Å². The molecule has 0 saturated heterocycles. The molecule has 7 nitrogen and oxygen atoms in total. The fourth-order valence-electron chi connectivity index (χ4n) is 3.21. The van der Waals surface area contributed by atoms with E-state index in [1.807, 2.05) is 61.0 Å². The van der Waals surface area contributed by atoms with E-state index in [1.165, 1.54) is 0 Å². The molecule has 0 fully saturated rings. The van der Waals surface area contributed by atoms with Gasteiger partial charge in [0.05, 0.1) is 12.1 Å². The van der Waals surface area contributed by atoms with E-state index in [4.69, 9.17) is 0 Å². The van der Waals surface area contributed by atoms with Crippen LogP contribution in [0, 0.1) is 13.8 Å². The second-order valence-corrected chi connectivity index (χ2v) is 6.52. The maximum absolute atomic E-state index is 12.8.